The lowest BCUT2D eigenvalue weighted by Crippen LogP contribution is -2.15. The highest BCUT2D eigenvalue weighted by atomic mass is 35.5. The molecule has 1 N–H and O–H groups in total. The number of ether oxygens (including phenoxy) is 1. The van der Waals surface area contributed by atoms with Crippen molar-refractivity contribution < 1.29 is 9.26 Å². The van der Waals surface area contributed by atoms with Crippen molar-refractivity contribution in [2.24, 2.45) is 0 Å². The fourth-order valence-electron chi connectivity index (χ4n) is 1.92. The number of aryl methyl sites for hydroxylation is 1. The van der Waals surface area contributed by atoms with Crippen LogP contribution in [0.1, 0.15) is 29.9 Å². The average Bonchev–Trinajstić information content (AvgIpc) is 3.16. The fourth-order valence-corrected chi connectivity index (χ4v) is 2.08. The van der Waals surface area contributed by atoms with E-state index in [1.54, 1.807) is 0 Å². The van der Waals surface area contributed by atoms with Gasteiger partial charge in [-0.05, 0) is 37.5 Å². The van der Waals surface area contributed by atoms with Gasteiger partial charge < -0.3 is 14.6 Å². The van der Waals surface area contributed by atoms with Gasteiger partial charge in [0.1, 0.15) is 12.4 Å². The van der Waals surface area contributed by atoms with Crippen LogP contribution in [0.4, 0.5) is 0 Å². The van der Waals surface area contributed by atoms with Crippen molar-refractivity contribution in [1.29, 1.82) is 0 Å². The van der Waals surface area contributed by atoms with Crippen LogP contribution >= 0.6 is 11.6 Å². The number of aromatic nitrogens is 1. The summed E-state index contributed by atoms with van der Waals surface area (Å²) in [6.07, 6.45) is 2.53. The molecule has 5 heteroatoms. The third kappa shape index (κ3) is 3.52. The molecule has 1 aliphatic rings. The quantitative estimate of drug-likeness (QED) is 0.885. The molecule has 0 amide bonds. The Bertz CT molecular complexity index is 593. The smallest absolute Gasteiger partial charge is 0.174 e. The lowest BCUT2D eigenvalue weighted by Gasteiger charge is -2.07. The second-order valence-electron chi connectivity index (χ2n) is 5.14. The van der Waals surface area contributed by atoms with Crippen LogP contribution in [0.25, 0.3) is 0 Å². The van der Waals surface area contributed by atoms with Gasteiger partial charge in [0.2, 0.25) is 0 Å². The van der Waals surface area contributed by atoms with Crippen LogP contribution in [0.5, 0.6) is 5.75 Å². The number of nitrogens with zero attached hydrogens (tertiary/aromatic N) is 1. The Morgan fingerprint density at radius 2 is 2.25 bits per heavy atom. The van der Waals surface area contributed by atoms with E-state index in [1.165, 1.54) is 12.8 Å². The average molecular weight is 293 g/mol. The molecule has 0 aliphatic heterocycles. The van der Waals surface area contributed by atoms with Gasteiger partial charge >= 0.3 is 0 Å². The molecular weight excluding hydrogens is 276 g/mol. The fraction of sp³-hybridized carbons (Fsp3) is 0.400. The van der Waals surface area contributed by atoms with Crippen molar-refractivity contribution >= 4 is 11.6 Å². The number of hydrogen-bond acceptors (Lipinski definition) is 4. The topological polar surface area (TPSA) is 47.3 Å². The van der Waals surface area contributed by atoms with Gasteiger partial charge in [0, 0.05) is 23.7 Å². The largest absolute Gasteiger partial charge is 0.485 e. The van der Waals surface area contributed by atoms with Crippen LogP contribution in [-0.4, -0.2) is 11.2 Å². The molecule has 1 fully saturated rings. The summed E-state index contributed by atoms with van der Waals surface area (Å²) in [4.78, 5) is 0. The summed E-state index contributed by atoms with van der Waals surface area (Å²) in [7, 11) is 0. The first kappa shape index (κ1) is 13.5. The lowest BCUT2D eigenvalue weighted by atomic mass is 10.2. The van der Waals surface area contributed by atoms with E-state index in [1.807, 2.05) is 31.2 Å². The normalized spacial score (nSPS) is 14.5. The van der Waals surface area contributed by atoms with Crippen molar-refractivity contribution in [2.75, 3.05) is 0 Å². The SMILES string of the molecule is Cc1ccc(Cl)cc1OCc1cc(CNC2CC2)no1. The van der Waals surface area contributed by atoms with Crippen LogP contribution in [0.2, 0.25) is 5.02 Å². The maximum atomic E-state index is 5.96. The summed E-state index contributed by atoms with van der Waals surface area (Å²) in [5.74, 6) is 1.49. The highest BCUT2D eigenvalue weighted by Crippen LogP contribution is 2.23. The Balaban J connectivity index is 1.55. The van der Waals surface area contributed by atoms with E-state index in [-0.39, 0.29) is 0 Å². The van der Waals surface area contributed by atoms with Crippen LogP contribution in [0, 0.1) is 6.92 Å². The minimum absolute atomic E-state index is 0.359. The number of rotatable bonds is 6. The first-order chi connectivity index (χ1) is 9.70. The second kappa shape index (κ2) is 5.85. The van der Waals surface area contributed by atoms with E-state index in [9.17, 15) is 0 Å². The first-order valence-electron chi connectivity index (χ1n) is 6.77. The molecule has 3 rings (SSSR count). The van der Waals surface area contributed by atoms with Crippen molar-refractivity contribution in [1.82, 2.24) is 10.5 Å². The number of hydrogen-bond donors (Lipinski definition) is 1. The Hall–Kier alpha value is -1.52. The molecule has 0 atom stereocenters. The molecule has 0 spiro atoms. The summed E-state index contributed by atoms with van der Waals surface area (Å²) in [6.45, 7) is 3.10. The molecule has 20 heavy (non-hydrogen) atoms. The minimum atomic E-state index is 0.359. The molecule has 1 aromatic carbocycles. The standard InChI is InChI=1S/C15H17ClN2O2/c1-10-2-3-11(16)6-15(10)19-9-14-7-13(18-20-14)8-17-12-4-5-12/h2-3,6-7,12,17H,4-5,8-9H2,1H3. The number of nitrogens with one attached hydrogen (secondary N) is 1. The number of halogens is 1. The predicted molar refractivity (Wildman–Crippen MR) is 76.9 cm³/mol. The van der Waals surface area contributed by atoms with E-state index < -0.39 is 0 Å². The third-order valence-corrected chi connectivity index (χ3v) is 3.51. The maximum Gasteiger partial charge on any atom is 0.174 e. The zero-order chi connectivity index (χ0) is 13.9. The second-order valence-corrected chi connectivity index (χ2v) is 5.57. The van der Waals surface area contributed by atoms with Crippen molar-refractivity contribution in [3.05, 3.63) is 46.3 Å². The summed E-state index contributed by atoms with van der Waals surface area (Å²) in [6, 6.07) is 8.18. The molecular formula is C15H17ClN2O2. The molecule has 1 aliphatic carbocycles. The summed E-state index contributed by atoms with van der Waals surface area (Å²) in [5.41, 5.74) is 1.96. The molecule has 0 bridgehead atoms. The first-order valence-corrected chi connectivity index (χ1v) is 7.15. The molecule has 4 nitrogen and oxygen atoms in total. The molecule has 0 unspecified atom stereocenters. The van der Waals surface area contributed by atoms with Gasteiger partial charge in [-0.15, -0.1) is 0 Å². The van der Waals surface area contributed by atoms with Gasteiger partial charge in [-0.25, -0.2) is 0 Å². The predicted octanol–water partition coefficient (Wildman–Crippen LogP) is 3.47. The van der Waals surface area contributed by atoms with Crippen LogP contribution in [0.15, 0.2) is 28.8 Å². The molecule has 1 heterocycles. The van der Waals surface area contributed by atoms with E-state index in [0.717, 1.165) is 29.3 Å². The van der Waals surface area contributed by atoms with E-state index >= 15 is 0 Å². The highest BCUT2D eigenvalue weighted by Gasteiger charge is 2.20. The summed E-state index contributed by atoms with van der Waals surface area (Å²) in [5, 5.41) is 8.08. The Morgan fingerprint density at radius 3 is 3.05 bits per heavy atom. The van der Waals surface area contributed by atoms with E-state index in [0.29, 0.717) is 17.7 Å². The molecule has 1 saturated carbocycles. The van der Waals surface area contributed by atoms with Gasteiger partial charge in [0.15, 0.2) is 5.76 Å². The maximum absolute atomic E-state index is 5.96. The molecule has 1 aromatic heterocycles. The van der Waals surface area contributed by atoms with Gasteiger partial charge in [-0.3, -0.25) is 0 Å². The van der Waals surface area contributed by atoms with Crippen LogP contribution in [-0.2, 0) is 13.2 Å². The van der Waals surface area contributed by atoms with Crippen molar-refractivity contribution in [3.63, 3.8) is 0 Å². The third-order valence-electron chi connectivity index (χ3n) is 3.28. The zero-order valence-corrected chi connectivity index (χ0v) is 12.1. The minimum Gasteiger partial charge on any atom is -0.485 e. The summed E-state index contributed by atoms with van der Waals surface area (Å²) >= 11 is 5.96. The van der Waals surface area contributed by atoms with E-state index in [4.69, 9.17) is 20.9 Å². The lowest BCUT2D eigenvalue weighted by molar-refractivity contribution is 0.247. The Kier molecular flexibility index (Phi) is 3.94. The molecule has 106 valence electrons. The van der Waals surface area contributed by atoms with Gasteiger partial charge in [-0.1, -0.05) is 22.8 Å². The van der Waals surface area contributed by atoms with Crippen LogP contribution in [0.3, 0.4) is 0 Å². The summed E-state index contributed by atoms with van der Waals surface area (Å²) < 4.78 is 11.0. The Labute approximate surface area is 123 Å². The van der Waals surface area contributed by atoms with Gasteiger partial charge in [0.25, 0.3) is 0 Å². The van der Waals surface area contributed by atoms with Gasteiger partial charge in [-0.2, -0.15) is 0 Å². The molecule has 2 aromatic rings. The van der Waals surface area contributed by atoms with E-state index in [2.05, 4.69) is 10.5 Å². The number of benzene rings is 1. The molecule has 0 radical (unpaired) electrons. The monoisotopic (exact) mass is 292 g/mol. The highest BCUT2D eigenvalue weighted by molar-refractivity contribution is 6.30. The van der Waals surface area contributed by atoms with Crippen molar-refractivity contribution in [3.8, 4) is 5.75 Å². The van der Waals surface area contributed by atoms with Crippen LogP contribution < -0.4 is 10.1 Å². The van der Waals surface area contributed by atoms with Crippen molar-refractivity contribution in [2.45, 2.75) is 39.0 Å². The Morgan fingerprint density at radius 1 is 1.40 bits per heavy atom. The van der Waals surface area contributed by atoms with Gasteiger partial charge in [0.05, 0.1) is 5.69 Å². The molecule has 0 saturated heterocycles. The zero-order valence-electron chi connectivity index (χ0n) is 11.4.